The summed E-state index contributed by atoms with van der Waals surface area (Å²) >= 11 is 12.4. The van der Waals surface area contributed by atoms with Crippen molar-refractivity contribution in [3.63, 3.8) is 0 Å². The third kappa shape index (κ3) is 3.47. The van der Waals surface area contributed by atoms with Gasteiger partial charge in [0, 0.05) is 21.2 Å². The lowest BCUT2D eigenvalue weighted by atomic mass is 9.94. The van der Waals surface area contributed by atoms with E-state index >= 15 is 0 Å². The van der Waals surface area contributed by atoms with E-state index in [0.717, 1.165) is 44.3 Å². The molecule has 0 N–H and O–H groups in total. The lowest BCUT2D eigenvalue weighted by Crippen LogP contribution is -2.00. The zero-order valence-electron chi connectivity index (χ0n) is 16.0. The molecular weight excluding hydrogens is 409 g/mol. The molecule has 0 heterocycles. The fourth-order valence-electron chi connectivity index (χ4n) is 3.86. The van der Waals surface area contributed by atoms with E-state index < -0.39 is 0 Å². The van der Waals surface area contributed by atoms with Gasteiger partial charge in [-0.3, -0.25) is 0 Å². The van der Waals surface area contributed by atoms with Crippen LogP contribution in [0.25, 0.3) is 11.1 Å². The molecule has 0 radical (unpaired) electrons. The predicted molar refractivity (Wildman–Crippen MR) is 128 cm³/mol. The first-order valence-corrected chi connectivity index (χ1v) is 10.5. The van der Waals surface area contributed by atoms with Crippen LogP contribution in [0.15, 0.2) is 108 Å². The Bertz CT molecular complexity index is 1270. The highest BCUT2D eigenvalue weighted by atomic mass is 35.5. The summed E-state index contributed by atoms with van der Waals surface area (Å²) in [6.07, 6.45) is 0. The first-order valence-electron chi connectivity index (χ1n) is 9.71. The van der Waals surface area contributed by atoms with E-state index in [1.807, 2.05) is 54.6 Å². The number of hydrogen-bond acceptors (Lipinski definition) is 1. The van der Waals surface area contributed by atoms with E-state index in [1.165, 1.54) is 5.56 Å². The normalized spacial score (nSPS) is 14.3. The molecule has 4 aromatic rings. The number of rotatable bonds is 3. The Morgan fingerprint density at radius 1 is 0.467 bits per heavy atom. The van der Waals surface area contributed by atoms with Crippen LogP contribution >= 0.6 is 23.2 Å². The molecule has 0 fully saturated rings. The van der Waals surface area contributed by atoms with Gasteiger partial charge in [-0.1, -0.05) is 89.9 Å². The number of benzene rings is 4. The molecule has 0 amide bonds. The molecule has 0 saturated carbocycles. The monoisotopic (exact) mass is 425 g/mol. The highest BCUT2D eigenvalue weighted by molar-refractivity contribution is 6.44. The molecular formula is C27H17Cl2N. The van der Waals surface area contributed by atoms with E-state index in [-0.39, 0.29) is 0 Å². The Labute approximate surface area is 186 Å². The van der Waals surface area contributed by atoms with Gasteiger partial charge < -0.3 is 0 Å². The van der Waals surface area contributed by atoms with Crippen molar-refractivity contribution >= 4 is 45.7 Å². The number of fused-ring (bicyclic) bond motifs is 1. The van der Waals surface area contributed by atoms with Crippen molar-refractivity contribution in [2.75, 3.05) is 0 Å². The fourth-order valence-corrected chi connectivity index (χ4v) is 4.11. The summed E-state index contributed by atoms with van der Waals surface area (Å²) in [7, 11) is 0. The molecule has 144 valence electrons. The summed E-state index contributed by atoms with van der Waals surface area (Å²) in [6.45, 7) is 0. The highest BCUT2D eigenvalue weighted by Crippen LogP contribution is 2.43. The van der Waals surface area contributed by atoms with Gasteiger partial charge in [0.05, 0.1) is 11.4 Å². The van der Waals surface area contributed by atoms with E-state index in [4.69, 9.17) is 28.2 Å². The fraction of sp³-hybridized carbons (Fsp3) is 0. The second kappa shape index (κ2) is 7.95. The van der Waals surface area contributed by atoms with Gasteiger partial charge in [-0.05, 0) is 58.7 Å². The van der Waals surface area contributed by atoms with Crippen LogP contribution < -0.4 is 0 Å². The summed E-state index contributed by atoms with van der Waals surface area (Å²) < 4.78 is 0. The molecule has 0 aliphatic heterocycles. The smallest absolute Gasteiger partial charge is 0.0800 e. The van der Waals surface area contributed by atoms with Crippen LogP contribution in [0.4, 0.5) is 5.69 Å². The van der Waals surface area contributed by atoms with E-state index in [2.05, 4.69) is 48.5 Å². The summed E-state index contributed by atoms with van der Waals surface area (Å²) in [4.78, 5) is 5.07. The first kappa shape index (κ1) is 18.9. The van der Waals surface area contributed by atoms with Crippen LogP contribution in [0.5, 0.6) is 0 Å². The molecule has 5 rings (SSSR count). The Morgan fingerprint density at radius 2 is 0.967 bits per heavy atom. The number of aliphatic imine (C=N–C) groups is 1. The average Bonchev–Trinajstić information content (AvgIpc) is 3.10. The summed E-state index contributed by atoms with van der Waals surface area (Å²) in [5, 5.41) is 1.43. The maximum Gasteiger partial charge on any atom is 0.0800 e. The largest absolute Gasteiger partial charge is 0.248 e. The second-order valence-corrected chi connectivity index (χ2v) is 7.98. The molecule has 1 nitrogen and oxygen atoms in total. The van der Waals surface area contributed by atoms with Crippen LogP contribution in [0.1, 0.15) is 22.3 Å². The first-order chi connectivity index (χ1) is 14.7. The second-order valence-electron chi connectivity index (χ2n) is 7.11. The Kier molecular flexibility index (Phi) is 5.00. The SMILES string of the molecule is Clc1ccc(C2=C(c3ccc(Cl)cc3)c3ccccc3C2=Nc2ccccc2)cc1. The maximum atomic E-state index is 6.18. The van der Waals surface area contributed by atoms with Gasteiger partial charge in [-0.2, -0.15) is 0 Å². The molecule has 0 saturated heterocycles. The minimum absolute atomic E-state index is 0.712. The summed E-state index contributed by atoms with van der Waals surface area (Å²) in [5.41, 5.74) is 8.61. The van der Waals surface area contributed by atoms with Crippen LogP contribution in [0.3, 0.4) is 0 Å². The van der Waals surface area contributed by atoms with Crippen molar-refractivity contribution in [1.82, 2.24) is 0 Å². The van der Waals surface area contributed by atoms with Crippen molar-refractivity contribution in [3.05, 3.63) is 135 Å². The molecule has 1 aliphatic carbocycles. The van der Waals surface area contributed by atoms with Gasteiger partial charge in [-0.15, -0.1) is 0 Å². The van der Waals surface area contributed by atoms with Crippen LogP contribution in [-0.2, 0) is 0 Å². The number of halogens is 2. The molecule has 0 bridgehead atoms. The van der Waals surface area contributed by atoms with E-state index in [1.54, 1.807) is 0 Å². The standard InChI is InChI=1S/C27H17Cl2N/c28-20-14-10-18(11-15-20)25-23-8-4-5-9-24(23)27(30-22-6-2-1-3-7-22)26(25)19-12-16-21(29)17-13-19/h1-17H. The maximum absolute atomic E-state index is 6.18. The third-order valence-electron chi connectivity index (χ3n) is 5.20. The average molecular weight is 426 g/mol. The molecule has 3 heteroatoms. The van der Waals surface area contributed by atoms with E-state index in [9.17, 15) is 0 Å². The lowest BCUT2D eigenvalue weighted by molar-refractivity contribution is 1.50. The molecule has 0 unspecified atom stereocenters. The number of hydrogen-bond donors (Lipinski definition) is 0. The van der Waals surface area contributed by atoms with Crippen molar-refractivity contribution in [2.24, 2.45) is 4.99 Å². The van der Waals surface area contributed by atoms with Gasteiger partial charge in [0.25, 0.3) is 0 Å². The molecule has 0 spiro atoms. The minimum atomic E-state index is 0.712. The molecule has 30 heavy (non-hydrogen) atoms. The Hall–Kier alpha value is -3.13. The Morgan fingerprint density at radius 3 is 1.57 bits per heavy atom. The predicted octanol–water partition coefficient (Wildman–Crippen LogP) is 8.09. The highest BCUT2D eigenvalue weighted by Gasteiger charge is 2.29. The van der Waals surface area contributed by atoms with Crippen molar-refractivity contribution < 1.29 is 0 Å². The lowest BCUT2D eigenvalue weighted by Gasteiger charge is -2.11. The van der Waals surface area contributed by atoms with Crippen LogP contribution in [0.2, 0.25) is 10.0 Å². The van der Waals surface area contributed by atoms with Crippen LogP contribution in [0, 0.1) is 0 Å². The van der Waals surface area contributed by atoms with E-state index in [0.29, 0.717) is 5.02 Å². The number of para-hydroxylation sites is 1. The quantitative estimate of drug-likeness (QED) is 0.314. The molecule has 1 aliphatic rings. The summed E-state index contributed by atoms with van der Waals surface area (Å²) in [6, 6.07) is 34.4. The molecule has 0 atom stereocenters. The van der Waals surface area contributed by atoms with Crippen molar-refractivity contribution in [1.29, 1.82) is 0 Å². The van der Waals surface area contributed by atoms with Gasteiger partial charge in [0.2, 0.25) is 0 Å². The Balaban J connectivity index is 1.83. The van der Waals surface area contributed by atoms with Gasteiger partial charge in [-0.25, -0.2) is 4.99 Å². The van der Waals surface area contributed by atoms with Crippen LogP contribution in [-0.4, -0.2) is 5.71 Å². The van der Waals surface area contributed by atoms with Crippen molar-refractivity contribution in [3.8, 4) is 0 Å². The summed E-state index contributed by atoms with van der Waals surface area (Å²) in [5.74, 6) is 0. The van der Waals surface area contributed by atoms with Gasteiger partial charge in [0.15, 0.2) is 0 Å². The zero-order valence-corrected chi connectivity index (χ0v) is 17.5. The topological polar surface area (TPSA) is 12.4 Å². The third-order valence-corrected chi connectivity index (χ3v) is 5.71. The molecule has 0 aromatic heterocycles. The van der Waals surface area contributed by atoms with Gasteiger partial charge in [0.1, 0.15) is 0 Å². The zero-order chi connectivity index (χ0) is 20.5. The number of allylic oxidation sites excluding steroid dienone is 1. The molecule has 4 aromatic carbocycles. The van der Waals surface area contributed by atoms with Crippen molar-refractivity contribution in [2.45, 2.75) is 0 Å². The number of nitrogens with zero attached hydrogens (tertiary/aromatic N) is 1. The minimum Gasteiger partial charge on any atom is -0.248 e. The van der Waals surface area contributed by atoms with Gasteiger partial charge >= 0.3 is 0 Å².